The van der Waals surface area contributed by atoms with Crippen LogP contribution in [0.3, 0.4) is 0 Å². The topological polar surface area (TPSA) is 21.3 Å². The van der Waals surface area contributed by atoms with E-state index in [2.05, 4.69) is 37.2 Å². The predicted octanol–water partition coefficient (Wildman–Crippen LogP) is 4.67. The Morgan fingerprint density at radius 2 is 1.80 bits per heavy atom. The molecule has 0 spiro atoms. The van der Waals surface area contributed by atoms with Gasteiger partial charge in [-0.15, -0.1) is 0 Å². The van der Waals surface area contributed by atoms with Crippen molar-refractivity contribution < 1.29 is 9.13 Å². The average Bonchev–Trinajstić information content (AvgIpc) is 2.45. The van der Waals surface area contributed by atoms with Gasteiger partial charge in [0.05, 0.1) is 17.6 Å². The van der Waals surface area contributed by atoms with Crippen LogP contribution in [0.5, 0.6) is 5.75 Å². The van der Waals surface area contributed by atoms with Crippen molar-refractivity contribution >= 4 is 31.9 Å². The van der Waals surface area contributed by atoms with Gasteiger partial charge >= 0.3 is 0 Å². The van der Waals surface area contributed by atoms with Crippen molar-refractivity contribution in [3.05, 3.63) is 62.3 Å². The molecule has 2 rings (SSSR count). The van der Waals surface area contributed by atoms with Crippen LogP contribution in [0.25, 0.3) is 0 Å². The second kappa shape index (κ2) is 6.70. The van der Waals surface area contributed by atoms with Crippen molar-refractivity contribution in [2.75, 3.05) is 14.2 Å². The third-order valence-electron chi connectivity index (χ3n) is 3.08. The molecule has 0 bridgehead atoms. The summed E-state index contributed by atoms with van der Waals surface area (Å²) in [6.45, 7) is 0. The van der Waals surface area contributed by atoms with E-state index in [9.17, 15) is 4.39 Å². The molecule has 0 aliphatic heterocycles. The van der Waals surface area contributed by atoms with Gasteiger partial charge in [-0.05, 0) is 46.7 Å². The molecule has 0 radical (unpaired) electrons. The van der Waals surface area contributed by atoms with E-state index in [-0.39, 0.29) is 11.9 Å². The lowest BCUT2D eigenvalue weighted by molar-refractivity contribution is 0.401. The number of hydrogen-bond acceptors (Lipinski definition) is 2. The van der Waals surface area contributed by atoms with Gasteiger partial charge in [-0.3, -0.25) is 0 Å². The number of methoxy groups -OCH3 is 1. The van der Waals surface area contributed by atoms with Crippen LogP contribution in [-0.4, -0.2) is 14.2 Å². The van der Waals surface area contributed by atoms with Crippen molar-refractivity contribution in [3.63, 3.8) is 0 Å². The molecular formula is C15H14Br2FNO. The quantitative estimate of drug-likeness (QED) is 0.802. The van der Waals surface area contributed by atoms with Crippen LogP contribution in [0.1, 0.15) is 17.2 Å². The second-order valence-electron chi connectivity index (χ2n) is 4.28. The molecule has 0 aliphatic rings. The van der Waals surface area contributed by atoms with Crippen LogP contribution in [0.4, 0.5) is 4.39 Å². The van der Waals surface area contributed by atoms with E-state index < -0.39 is 0 Å². The lowest BCUT2D eigenvalue weighted by Gasteiger charge is -2.20. The molecule has 2 aromatic carbocycles. The van der Waals surface area contributed by atoms with Crippen molar-refractivity contribution in [2.24, 2.45) is 0 Å². The molecule has 0 heterocycles. The molecule has 20 heavy (non-hydrogen) atoms. The summed E-state index contributed by atoms with van der Waals surface area (Å²) in [7, 11) is 3.41. The third kappa shape index (κ3) is 3.22. The minimum atomic E-state index is -0.337. The number of hydrogen-bond donors (Lipinski definition) is 1. The van der Waals surface area contributed by atoms with Crippen LogP contribution >= 0.6 is 31.9 Å². The Balaban J connectivity index is 2.51. The Morgan fingerprint density at radius 3 is 2.35 bits per heavy atom. The van der Waals surface area contributed by atoms with Crippen molar-refractivity contribution in [1.82, 2.24) is 5.32 Å². The molecule has 1 unspecified atom stereocenters. The van der Waals surface area contributed by atoms with E-state index in [1.807, 2.05) is 31.3 Å². The van der Waals surface area contributed by atoms with E-state index in [0.717, 1.165) is 15.6 Å². The third-order valence-corrected chi connectivity index (χ3v) is 4.21. The molecule has 0 saturated heterocycles. The summed E-state index contributed by atoms with van der Waals surface area (Å²) >= 11 is 6.65. The molecule has 5 heteroatoms. The smallest absolute Gasteiger partial charge is 0.141 e. The van der Waals surface area contributed by atoms with Gasteiger partial charge in [0, 0.05) is 16.1 Å². The first-order valence-electron chi connectivity index (χ1n) is 6.02. The normalized spacial score (nSPS) is 12.2. The highest BCUT2D eigenvalue weighted by molar-refractivity contribution is 9.10. The fourth-order valence-corrected chi connectivity index (χ4v) is 2.73. The zero-order chi connectivity index (χ0) is 14.7. The van der Waals surface area contributed by atoms with Crippen LogP contribution in [0.2, 0.25) is 0 Å². The first kappa shape index (κ1) is 15.5. The molecular weight excluding hydrogens is 389 g/mol. The lowest BCUT2D eigenvalue weighted by atomic mass is 9.98. The van der Waals surface area contributed by atoms with Gasteiger partial charge in [-0.25, -0.2) is 4.39 Å². The van der Waals surface area contributed by atoms with Gasteiger partial charge in [0.2, 0.25) is 0 Å². The average molecular weight is 403 g/mol. The van der Waals surface area contributed by atoms with Crippen molar-refractivity contribution in [3.8, 4) is 5.75 Å². The summed E-state index contributed by atoms with van der Waals surface area (Å²) in [6, 6.07) is 11.1. The Morgan fingerprint density at radius 1 is 1.15 bits per heavy atom. The van der Waals surface area contributed by atoms with Gasteiger partial charge in [-0.2, -0.15) is 0 Å². The van der Waals surface area contributed by atoms with Gasteiger partial charge in [0.25, 0.3) is 0 Å². The van der Waals surface area contributed by atoms with Crippen LogP contribution < -0.4 is 10.1 Å². The minimum Gasteiger partial charge on any atom is -0.496 e. The van der Waals surface area contributed by atoms with E-state index in [0.29, 0.717) is 10.2 Å². The summed E-state index contributed by atoms with van der Waals surface area (Å²) in [5.41, 5.74) is 1.96. The van der Waals surface area contributed by atoms with Gasteiger partial charge in [0.1, 0.15) is 11.6 Å². The molecule has 1 atom stereocenters. The van der Waals surface area contributed by atoms with Crippen LogP contribution in [-0.2, 0) is 0 Å². The maximum absolute atomic E-state index is 13.6. The molecule has 0 saturated carbocycles. The van der Waals surface area contributed by atoms with Crippen LogP contribution in [0.15, 0.2) is 45.3 Å². The number of benzene rings is 2. The molecule has 106 valence electrons. The highest BCUT2D eigenvalue weighted by Gasteiger charge is 2.19. The zero-order valence-corrected chi connectivity index (χ0v) is 14.3. The summed E-state index contributed by atoms with van der Waals surface area (Å²) < 4.78 is 20.4. The lowest BCUT2D eigenvalue weighted by Crippen LogP contribution is -2.18. The summed E-state index contributed by atoms with van der Waals surface area (Å²) in [5.74, 6) is 0.184. The van der Waals surface area contributed by atoms with E-state index in [1.54, 1.807) is 13.2 Å². The minimum absolute atomic E-state index is 0.0741. The summed E-state index contributed by atoms with van der Waals surface area (Å²) in [5, 5.41) is 3.24. The highest BCUT2D eigenvalue weighted by atomic mass is 79.9. The predicted molar refractivity (Wildman–Crippen MR) is 85.7 cm³/mol. The molecule has 2 nitrogen and oxygen atoms in total. The molecule has 0 aliphatic carbocycles. The number of ether oxygens (including phenoxy) is 1. The number of halogens is 3. The number of nitrogens with one attached hydrogen (secondary N) is 1. The zero-order valence-electron chi connectivity index (χ0n) is 11.1. The molecule has 0 amide bonds. The van der Waals surface area contributed by atoms with Crippen molar-refractivity contribution in [2.45, 2.75) is 6.04 Å². The molecule has 0 fully saturated rings. The molecule has 1 N–H and O–H groups in total. The fourth-order valence-electron chi connectivity index (χ4n) is 2.10. The first-order valence-corrected chi connectivity index (χ1v) is 7.61. The maximum atomic E-state index is 13.6. The van der Waals surface area contributed by atoms with E-state index in [4.69, 9.17) is 4.74 Å². The van der Waals surface area contributed by atoms with Gasteiger partial charge in [0.15, 0.2) is 0 Å². The Hall–Kier alpha value is -0.910. The first-order chi connectivity index (χ1) is 9.56. The standard InChI is InChI=1S/C15H14Br2FNO/c1-19-15(9-3-5-10(16)6-4-9)11-7-12(17)13(18)8-14(11)20-2/h3-8,15,19H,1-2H3. The summed E-state index contributed by atoms with van der Waals surface area (Å²) in [6.07, 6.45) is 0. The summed E-state index contributed by atoms with van der Waals surface area (Å²) in [4.78, 5) is 0. The number of rotatable bonds is 4. The molecule has 0 aromatic heterocycles. The second-order valence-corrected chi connectivity index (χ2v) is 6.05. The van der Waals surface area contributed by atoms with Crippen LogP contribution in [0, 0.1) is 5.82 Å². The van der Waals surface area contributed by atoms with Gasteiger partial charge < -0.3 is 10.1 Å². The Labute approximate surface area is 134 Å². The van der Waals surface area contributed by atoms with E-state index in [1.165, 1.54) is 6.07 Å². The van der Waals surface area contributed by atoms with Crippen molar-refractivity contribution in [1.29, 1.82) is 0 Å². The fraction of sp³-hybridized carbons (Fsp3) is 0.200. The monoisotopic (exact) mass is 401 g/mol. The van der Waals surface area contributed by atoms with Gasteiger partial charge in [-0.1, -0.05) is 28.1 Å². The highest BCUT2D eigenvalue weighted by Crippen LogP contribution is 2.34. The largest absolute Gasteiger partial charge is 0.496 e. The maximum Gasteiger partial charge on any atom is 0.141 e. The van der Waals surface area contributed by atoms with E-state index >= 15 is 0 Å². The SMILES string of the molecule is CNC(c1ccc(Br)cc1)c1cc(Br)c(F)cc1OC. The molecule has 2 aromatic rings. The Kier molecular flexibility index (Phi) is 5.18. The Bertz CT molecular complexity index is 602.